The number of fused-ring (bicyclic) bond motifs is 2. The molecule has 0 amide bonds. The molecular formula is C38H44O8. The van der Waals surface area contributed by atoms with E-state index in [0.29, 0.717) is 53.9 Å². The minimum absolute atomic E-state index is 0.0454. The number of hydrogen-bond acceptors (Lipinski definition) is 8. The Morgan fingerprint density at radius 3 is 2.41 bits per heavy atom. The van der Waals surface area contributed by atoms with Crippen molar-refractivity contribution in [2.24, 2.45) is 11.8 Å². The van der Waals surface area contributed by atoms with E-state index in [1.807, 2.05) is 52.8 Å². The molecule has 2 fully saturated rings. The maximum Gasteiger partial charge on any atom is 0.298 e. The van der Waals surface area contributed by atoms with Crippen molar-refractivity contribution in [3.05, 3.63) is 69.5 Å². The van der Waals surface area contributed by atoms with Gasteiger partial charge in [-0.25, -0.2) is 0 Å². The first kappa shape index (κ1) is 32.0. The SMILES string of the molecule is CC(C)=CCC[C@]1(C)C=Cc2c(O)c3c(c(CC=C(C)C)c2O1)O[C@]12C(=CC4CC1C(C)(C)O[C@@]2(C/C=C(/C)OC=O)C4=O)C3=O. The molecule has 3 aliphatic heterocycles. The molecule has 8 heteroatoms. The van der Waals surface area contributed by atoms with Gasteiger partial charge in [0.25, 0.3) is 6.47 Å². The summed E-state index contributed by atoms with van der Waals surface area (Å²) in [5.41, 5.74) is -0.687. The third-order valence-corrected chi connectivity index (χ3v) is 10.4. The maximum absolute atomic E-state index is 14.7. The van der Waals surface area contributed by atoms with Gasteiger partial charge in [-0.1, -0.05) is 29.4 Å². The first-order valence-corrected chi connectivity index (χ1v) is 16.1. The minimum Gasteiger partial charge on any atom is -0.506 e. The summed E-state index contributed by atoms with van der Waals surface area (Å²) in [6.07, 6.45) is 13.8. The molecule has 3 aliphatic carbocycles. The number of carbonyl (C=O) groups is 3. The molecule has 1 aromatic carbocycles. The van der Waals surface area contributed by atoms with Crippen LogP contribution in [0.1, 0.15) is 103 Å². The van der Waals surface area contributed by atoms with Gasteiger partial charge >= 0.3 is 0 Å². The molecule has 6 aliphatic rings. The Balaban J connectivity index is 1.58. The van der Waals surface area contributed by atoms with E-state index >= 15 is 0 Å². The molecule has 0 radical (unpaired) electrons. The number of hydrogen-bond donors (Lipinski definition) is 1. The van der Waals surface area contributed by atoms with Gasteiger partial charge in [-0.05, 0) is 99.3 Å². The number of allylic oxidation sites excluding steroid dienone is 6. The smallest absolute Gasteiger partial charge is 0.298 e. The van der Waals surface area contributed by atoms with Crippen LogP contribution in [0.15, 0.2) is 52.9 Å². The minimum atomic E-state index is -1.55. The lowest BCUT2D eigenvalue weighted by Crippen LogP contribution is -2.72. The Kier molecular flexibility index (Phi) is 7.54. The van der Waals surface area contributed by atoms with Crippen molar-refractivity contribution >= 4 is 24.1 Å². The van der Waals surface area contributed by atoms with Crippen molar-refractivity contribution in [3.8, 4) is 17.2 Å². The molecule has 7 rings (SSSR count). The summed E-state index contributed by atoms with van der Waals surface area (Å²) in [7, 11) is 0. The Morgan fingerprint density at radius 1 is 1.02 bits per heavy atom. The average molecular weight is 629 g/mol. The number of carbonyl (C=O) groups excluding carboxylic acids is 3. The summed E-state index contributed by atoms with van der Waals surface area (Å²) in [5.74, 6) is -0.605. The zero-order chi connectivity index (χ0) is 33.4. The zero-order valence-electron chi connectivity index (χ0n) is 28.0. The largest absolute Gasteiger partial charge is 0.506 e. The predicted molar refractivity (Wildman–Crippen MR) is 174 cm³/mol. The molecule has 0 aromatic heterocycles. The summed E-state index contributed by atoms with van der Waals surface area (Å²) in [6.45, 7) is 16.0. The predicted octanol–water partition coefficient (Wildman–Crippen LogP) is 7.29. The Morgan fingerprint density at radius 2 is 1.74 bits per heavy atom. The van der Waals surface area contributed by atoms with Crippen LogP contribution in [-0.2, 0) is 25.5 Å². The molecule has 244 valence electrons. The monoisotopic (exact) mass is 628 g/mol. The van der Waals surface area contributed by atoms with Crippen molar-refractivity contribution in [2.45, 2.75) is 110 Å². The third kappa shape index (κ3) is 4.55. The number of aromatic hydroxyl groups is 1. The fourth-order valence-electron chi connectivity index (χ4n) is 8.20. The summed E-state index contributed by atoms with van der Waals surface area (Å²) < 4.78 is 25.7. The topological polar surface area (TPSA) is 108 Å². The molecule has 1 aromatic rings. The van der Waals surface area contributed by atoms with Gasteiger partial charge in [0.2, 0.25) is 0 Å². The summed E-state index contributed by atoms with van der Waals surface area (Å²) >= 11 is 0. The van der Waals surface area contributed by atoms with E-state index in [1.54, 1.807) is 19.1 Å². The van der Waals surface area contributed by atoms with E-state index in [-0.39, 0.29) is 41.0 Å². The number of benzene rings is 1. The van der Waals surface area contributed by atoms with Crippen molar-refractivity contribution in [3.63, 3.8) is 0 Å². The maximum atomic E-state index is 14.7. The fourth-order valence-corrected chi connectivity index (χ4v) is 8.20. The molecule has 1 N–H and O–H groups in total. The molecule has 1 spiro atoms. The zero-order valence-corrected chi connectivity index (χ0v) is 28.0. The second-order valence-corrected chi connectivity index (χ2v) is 14.6. The van der Waals surface area contributed by atoms with Crippen molar-refractivity contribution < 1.29 is 38.4 Å². The normalized spacial score (nSPS) is 31.1. The Hall–Kier alpha value is -3.91. The lowest BCUT2D eigenvalue weighted by molar-refractivity contribution is -0.171. The summed E-state index contributed by atoms with van der Waals surface area (Å²) in [5, 5.41) is 11.8. The van der Waals surface area contributed by atoms with Crippen LogP contribution < -0.4 is 9.47 Å². The van der Waals surface area contributed by atoms with E-state index < -0.39 is 28.3 Å². The number of Topliss-reactive ketones (excluding diaryl/α,β-unsaturated/α-hetero) is 2. The van der Waals surface area contributed by atoms with Crippen LogP contribution in [0.4, 0.5) is 0 Å². The first-order valence-electron chi connectivity index (χ1n) is 16.1. The third-order valence-electron chi connectivity index (χ3n) is 10.4. The van der Waals surface area contributed by atoms with Crippen LogP contribution in [-0.4, -0.2) is 45.5 Å². The van der Waals surface area contributed by atoms with Crippen LogP contribution in [0.5, 0.6) is 17.2 Å². The molecule has 8 nitrogen and oxygen atoms in total. The molecular weight excluding hydrogens is 584 g/mol. The highest BCUT2D eigenvalue weighted by Gasteiger charge is 2.81. The second kappa shape index (κ2) is 10.8. The van der Waals surface area contributed by atoms with Crippen molar-refractivity contribution in [1.29, 1.82) is 0 Å². The van der Waals surface area contributed by atoms with Crippen LogP contribution in [0.3, 0.4) is 0 Å². The molecule has 1 saturated heterocycles. The highest BCUT2D eigenvalue weighted by Crippen LogP contribution is 2.68. The average Bonchev–Trinajstić information content (AvgIpc) is 3.12. The molecule has 3 heterocycles. The van der Waals surface area contributed by atoms with Gasteiger partial charge < -0.3 is 24.1 Å². The van der Waals surface area contributed by atoms with Gasteiger partial charge in [-0.15, -0.1) is 0 Å². The van der Waals surface area contributed by atoms with E-state index in [4.69, 9.17) is 18.9 Å². The molecule has 2 unspecified atom stereocenters. The number of phenolic OH excluding ortho intramolecular Hbond substituents is 1. The van der Waals surface area contributed by atoms with E-state index in [0.717, 1.165) is 12.0 Å². The van der Waals surface area contributed by atoms with Gasteiger partial charge in [-0.2, -0.15) is 0 Å². The summed E-state index contributed by atoms with van der Waals surface area (Å²) in [4.78, 5) is 40.1. The summed E-state index contributed by atoms with van der Waals surface area (Å²) in [6, 6.07) is 0. The molecule has 5 atom stereocenters. The van der Waals surface area contributed by atoms with Gasteiger partial charge in [0.1, 0.15) is 34.2 Å². The van der Waals surface area contributed by atoms with Crippen LogP contribution >= 0.6 is 0 Å². The molecule has 4 bridgehead atoms. The Labute approximate surface area is 270 Å². The Bertz CT molecular complexity index is 1690. The molecule has 46 heavy (non-hydrogen) atoms. The second-order valence-electron chi connectivity index (χ2n) is 14.6. The quantitative estimate of drug-likeness (QED) is 0.173. The van der Waals surface area contributed by atoms with E-state index in [2.05, 4.69) is 19.9 Å². The number of rotatable bonds is 9. The van der Waals surface area contributed by atoms with Gasteiger partial charge in [0.05, 0.1) is 11.2 Å². The lowest BCUT2D eigenvalue weighted by Gasteiger charge is -2.56. The van der Waals surface area contributed by atoms with E-state index in [1.165, 1.54) is 5.57 Å². The first-order chi connectivity index (χ1) is 21.6. The highest BCUT2D eigenvalue weighted by molar-refractivity contribution is 6.19. The highest BCUT2D eigenvalue weighted by atomic mass is 16.6. The number of phenols is 1. The van der Waals surface area contributed by atoms with Crippen LogP contribution in [0.25, 0.3) is 6.08 Å². The standard InChI is InChI=1S/C38H44O8/c1-21(2)10-9-15-36(8)16-14-25-30(40)29-31(41)27-18-24-19-28-35(6,7)46-37(34(24)42,17-13-23(5)43-20-39)38(27,28)45-33(29)26(32(25)44-36)12-11-22(3)4/h10-11,13-14,16,18,20,24,28,40H,9,12,15,17,19H2,1-8H3/b23-13-/t24?,28?,36-,37+,38-/m1/s1. The van der Waals surface area contributed by atoms with E-state index in [9.17, 15) is 19.5 Å². The lowest BCUT2D eigenvalue weighted by atomic mass is 9.51. The van der Waals surface area contributed by atoms with Gasteiger partial charge in [0.15, 0.2) is 22.8 Å². The molecule has 1 saturated carbocycles. The number of ether oxygens (including phenoxy) is 4. The number of ketones is 2. The van der Waals surface area contributed by atoms with Gasteiger partial charge in [0, 0.05) is 29.4 Å². The van der Waals surface area contributed by atoms with Crippen molar-refractivity contribution in [1.82, 2.24) is 0 Å². The van der Waals surface area contributed by atoms with Crippen LogP contribution in [0, 0.1) is 11.8 Å². The fraction of sp³-hybridized carbons (Fsp3) is 0.500. The van der Waals surface area contributed by atoms with Crippen molar-refractivity contribution in [2.75, 3.05) is 0 Å². The van der Waals surface area contributed by atoms with Crippen LogP contribution in [0.2, 0.25) is 0 Å². The van der Waals surface area contributed by atoms with Gasteiger partial charge in [-0.3, -0.25) is 14.4 Å².